The molecule has 1 saturated heterocycles. The van der Waals surface area contributed by atoms with Crippen LogP contribution < -0.4 is 5.73 Å². The van der Waals surface area contributed by atoms with Gasteiger partial charge in [0.15, 0.2) is 0 Å². The molecule has 2 N–H and O–H groups in total. The van der Waals surface area contributed by atoms with Crippen molar-refractivity contribution in [3.63, 3.8) is 0 Å². The third kappa shape index (κ3) is 3.69. The number of ether oxygens (including phenoxy) is 1. The average Bonchev–Trinajstić information content (AvgIpc) is 2.36. The first-order valence-electron chi connectivity index (χ1n) is 7.75. The van der Waals surface area contributed by atoms with Gasteiger partial charge in [-0.2, -0.15) is 0 Å². The Labute approximate surface area is 116 Å². The molecule has 0 aromatic rings. The zero-order valence-electron chi connectivity index (χ0n) is 12.3. The van der Waals surface area contributed by atoms with Crippen molar-refractivity contribution in [2.45, 2.75) is 58.1 Å². The molecule has 2 rings (SSSR count). The molecule has 110 valence electrons. The fourth-order valence-corrected chi connectivity index (χ4v) is 3.30. The summed E-state index contributed by atoms with van der Waals surface area (Å²) in [5, 5.41) is 0. The predicted molar refractivity (Wildman–Crippen MR) is 75.7 cm³/mol. The smallest absolute Gasteiger partial charge is 0.223 e. The van der Waals surface area contributed by atoms with Crippen molar-refractivity contribution < 1.29 is 9.53 Å². The molecule has 1 heterocycles. The Morgan fingerprint density at radius 3 is 2.68 bits per heavy atom. The van der Waals surface area contributed by atoms with Crippen LogP contribution >= 0.6 is 0 Å². The highest BCUT2D eigenvalue weighted by atomic mass is 16.5. The van der Waals surface area contributed by atoms with E-state index in [2.05, 4.69) is 11.8 Å². The molecule has 0 bridgehead atoms. The number of piperidine rings is 1. The first-order chi connectivity index (χ1) is 9.13. The summed E-state index contributed by atoms with van der Waals surface area (Å²) in [6.07, 6.45) is 5.48. The molecule has 4 heteroatoms. The lowest BCUT2D eigenvalue weighted by atomic mass is 9.79. The van der Waals surface area contributed by atoms with Crippen molar-refractivity contribution in [1.29, 1.82) is 0 Å². The van der Waals surface area contributed by atoms with E-state index in [0.717, 1.165) is 38.8 Å². The average molecular weight is 268 g/mol. The molecule has 1 aliphatic heterocycles. The van der Waals surface area contributed by atoms with Crippen LogP contribution in [0.3, 0.4) is 0 Å². The van der Waals surface area contributed by atoms with Crippen molar-refractivity contribution in [3.8, 4) is 0 Å². The lowest BCUT2D eigenvalue weighted by molar-refractivity contribution is -0.138. The quantitative estimate of drug-likeness (QED) is 0.827. The minimum atomic E-state index is 0.325. The molecule has 4 nitrogen and oxygen atoms in total. The Balaban J connectivity index is 1.76. The number of nitrogens with two attached hydrogens (primary N) is 1. The van der Waals surface area contributed by atoms with E-state index in [0.29, 0.717) is 42.9 Å². The summed E-state index contributed by atoms with van der Waals surface area (Å²) >= 11 is 0. The van der Waals surface area contributed by atoms with Gasteiger partial charge in [0.2, 0.25) is 5.91 Å². The van der Waals surface area contributed by atoms with Gasteiger partial charge in [-0.3, -0.25) is 4.79 Å². The summed E-state index contributed by atoms with van der Waals surface area (Å²) in [7, 11) is 0. The van der Waals surface area contributed by atoms with Crippen LogP contribution in [0, 0.1) is 11.8 Å². The monoisotopic (exact) mass is 268 g/mol. The Hall–Kier alpha value is -0.610. The summed E-state index contributed by atoms with van der Waals surface area (Å²) in [6.45, 7) is 6.53. The lowest BCUT2D eigenvalue weighted by Crippen LogP contribution is -2.48. The van der Waals surface area contributed by atoms with Crippen LogP contribution in [0.2, 0.25) is 0 Å². The normalized spacial score (nSPS) is 35.0. The maximum atomic E-state index is 12.4. The van der Waals surface area contributed by atoms with Crippen LogP contribution in [0.15, 0.2) is 0 Å². The van der Waals surface area contributed by atoms with E-state index in [-0.39, 0.29) is 0 Å². The molecule has 2 atom stereocenters. The van der Waals surface area contributed by atoms with E-state index in [1.807, 2.05) is 6.92 Å². The van der Waals surface area contributed by atoms with Crippen LogP contribution in [0.4, 0.5) is 0 Å². The van der Waals surface area contributed by atoms with Crippen molar-refractivity contribution in [3.05, 3.63) is 0 Å². The minimum absolute atomic E-state index is 0.325. The van der Waals surface area contributed by atoms with Gasteiger partial charge in [-0.05, 0) is 57.9 Å². The van der Waals surface area contributed by atoms with E-state index in [9.17, 15) is 4.79 Å². The third-order valence-corrected chi connectivity index (χ3v) is 4.69. The van der Waals surface area contributed by atoms with E-state index in [1.165, 1.54) is 0 Å². The van der Waals surface area contributed by atoms with E-state index in [4.69, 9.17) is 10.5 Å². The molecule has 1 aliphatic carbocycles. The van der Waals surface area contributed by atoms with Gasteiger partial charge in [0, 0.05) is 25.6 Å². The molecule has 0 spiro atoms. The lowest BCUT2D eigenvalue weighted by Gasteiger charge is -2.40. The highest BCUT2D eigenvalue weighted by Gasteiger charge is 2.34. The van der Waals surface area contributed by atoms with Gasteiger partial charge in [-0.25, -0.2) is 0 Å². The number of hydrogen-bond donors (Lipinski definition) is 1. The van der Waals surface area contributed by atoms with Crippen molar-refractivity contribution in [1.82, 2.24) is 4.90 Å². The summed E-state index contributed by atoms with van der Waals surface area (Å²) in [4.78, 5) is 14.4. The van der Waals surface area contributed by atoms with Gasteiger partial charge in [0.05, 0.1) is 6.10 Å². The van der Waals surface area contributed by atoms with Gasteiger partial charge in [0.1, 0.15) is 0 Å². The number of carbonyl (C=O) groups is 1. The largest absolute Gasteiger partial charge is 0.378 e. The zero-order chi connectivity index (χ0) is 13.8. The van der Waals surface area contributed by atoms with E-state index >= 15 is 0 Å². The van der Waals surface area contributed by atoms with Crippen molar-refractivity contribution >= 4 is 5.91 Å². The van der Waals surface area contributed by atoms with E-state index in [1.54, 1.807) is 0 Å². The zero-order valence-corrected chi connectivity index (χ0v) is 12.3. The summed E-state index contributed by atoms with van der Waals surface area (Å²) in [5.74, 6) is 1.36. The molecule has 2 aliphatic rings. The van der Waals surface area contributed by atoms with Crippen LogP contribution in [-0.4, -0.2) is 42.6 Å². The third-order valence-electron chi connectivity index (χ3n) is 4.69. The van der Waals surface area contributed by atoms with Gasteiger partial charge < -0.3 is 15.4 Å². The van der Waals surface area contributed by atoms with Gasteiger partial charge in [0.25, 0.3) is 0 Å². The fourth-order valence-electron chi connectivity index (χ4n) is 3.30. The standard InChI is InChI=1S/C15H28N2O2/c1-3-19-14-6-13(7-14)8-15(18)17-10-12(9-16)5-4-11(17)2/h11-14H,3-10,16H2,1-2H3. The second-order valence-electron chi connectivity index (χ2n) is 6.19. The fraction of sp³-hybridized carbons (Fsp3) is 0.933. The number of rotatable bonds is 5. The second-order valence-corrected chi connectivity index (χ2v) is 6.19. The molecule has 0 radical (unpaired) electrons. The van der Waals surface area contributed by atoms with Crippen LogP contribution in [-0.2, 0) is 9.53 Å². The summed E-state index contributed by atoms with van der Waals surface area (Å²) in [5.41, 5.74) is 5.75. The predicted octanol–water partition coefficient (Wildman–Crippen LogP) is 1.78. The molecule has 2 fully saturated rings. The SMILES string of the molecule is CCOC1CC(CC(=O)N2CC(CN)CCC2C)C1. The molecule has 1 saturated carbocycles. The van der Waals surface area contributed by atoms with E-state index < -0.39 is 0 Å². The Morgan fingerprint density at radius 2 is 2.05 bits per heavy atom. The number of carbonyl (C=O) groups excluding carboxylic acids is 1. The van der Waals surface area contributed by atoms with Crippen LogP contribution in [0.5, 0.6) is 0 Å². The van der Waals surface area contributed by atoms with Gasteiger partial charge in [-0.1, -0.05) is 0 Å². The van der Waals surface area contributed by atoms with Crippen molar-refractivity contribution in [2.75, 3.05) is 19.7 Å². The summed E-state index contributed by atoms with van der Waals surface area (Å²) < 4.78 is 5.55. The first kappa shape index (κ1) is 14.8. The Kier molecular flexibility index (Phi) is 5.22. The Morgan fingerprint density at radius 1 is 1.32 bits per heavy atom. The molecular weight excluding hydrogens is 240 g/mol. The molecule has 1 amide bonds. The molecule has 0 aromatic heterocycles. The molecule has 0 aromatic carbocycles. The second kappa shape index (κ2) is 6.71. The first-order valence-corrected chi connectivity index (χ1v) is 7.75. The minimum Gasteiger partial charge on any atom is -0.378 e. The Bertz CT molecular complexity index is 303. The van der Waals surface area contributed by atoms with Crippen LogP contribution in [0.1, 0.15) is 46.0 Å². The number of likely N-dealkylation sites (tertiary alicyclic amines) is 1. The number of hydrogen-bond acceptors (Lipinski definition) is 3. The molecule has 19 heavy (non-hydrogen) atoms. The number of amides is 1. The van der Waals surface area contributed by atoms with Gasteiger partial charge in [-0.15, -0.1) is 0 Å². The topological polar surface area (TPSA) is 55.6 Å². The molecule has 2 unspecified atom stereocenters. The van der Waals surface area contributed by atoms with Crippen molar-refractivity contribution in [2.24, 2.45) is 17.6 Å². The number of nitrogens with zero attached hydrogens (tertiary/aromatic N) is 1. The van der Waals surface area contributed by atoms with Gasteiger partial charge >= 0.3 is 0 Å². The highest BCUT2D eigenvalue weighted by molar-refractivity contribution is 5.77. The maximum Gasteiger partial charge on any atom is 0.223 e. The maximum absolute atomic E-state index is 12.4. The summed E-state index contributed by atoms with van der Waals surface area (Å²) in [6, 6.07) is 0.387. The van der Waals surface area contributed by atoms with Crippen LogP contribution in [0.25, 0.3) is 0 Å². The highest BCUT2D eigenvalue weighted by Crippen LogP contribution is 2.34. The molecular formula is C15H28N2O2.